The Kier molecular flexibility index (Phi) is 7.35. The van der Waals surface area contributed by atoms with Gasteiger partial charge in [-0.2, -0.15) is 5.12 Å². The first-order chi connectivity index (χ1) is 10.8. The van der Waals surface area contributed by atoms with Gasteiger partial charge < -0.3 is 14.6 Å². The minimum absolute atomic E-state index is 0.0263. The Bertz CT molecular complexity index is 551. The number of carbonyl (C=O) groups excluding carboxylic acids is 1. The molecule has 2 radical (unpaired) electrons. The van der Waals surface area contributed by atoms with Gasteiger partial charge in [-0.05, 0) is 24.6 Å². The third-order valence-electron chi connectivity index (χ3n) is 2.42. The predicted molar refractivity (Wildman–Crippen MR) is 67.6 cm³/mol. The molecule has 2 N–H and O–H groups in total. The van der Waals surface area contributed by atoms with Crippen molar-refractivity contribution in [3.8, 4) is 0 Å². The van der Waals surface area contributed by atoms with Gasteiger partial charge >= 0.3 is 6.03 Å². The number of benzene rings is 1. The molecule has 2 amide bonds. The zero-order valence-electron chi connectivity index (χ0n) is 11.3. The molecule has 0 unspecified atom stereocenters. The van der Waals surface area contributed by atoms with Crippen LogP contribution in [0.25, 0.3) is 0 Å². The molecule has 23 heavy (non-hydrogen) atoms. The highest BCUT2D eigenvalue weighted by Crippen LogP contribution is 2.25. The number of carbonyl (C=O) groups is 1. The SMILES string of the molecule is O=C(N(F)CCC[Si]OC(O)O)N(F)c1ccc(F)c(F)c1F. The molecule has 6 nitrogen and oxygen atoms in total. The summed E-state index contributed by atoms with van der Waals surface area (Å²) in [5, 5.41) is 15.1. The zero-order chi connectivity index (χ0) is 17.6. The molecule has 0 bridgehead atoms. The summed E-state index contributed by atoms with van der Waals surface area (Å²) in [6, 6.07) is -0.968. The second-order valence-electron chi connectivity index (χ2n) is 4.04. The van der Waals surface area contributed by atoms with Crippen molar-refractivity contribution in [2.45, 2.75) is 18.9 Å². The summed E-state index contributed by atoms with van der Waals surface area (Å²) in [5.41, 5.74) is -1.27. The van der Waals surface area contributed by atoms with Crippen molar-refractivity contribution in [2.75, 3.05) is 11.7 Å². The van der Waals surface area contributed by atoms with E-state index in [0.29, 0.717) is 12.1 Å². The van der Waals surface area contributed by atoms with Gasteiger partial charge in [-0.1, -0.05) is 8.96 Å². The average Bonchev–Trinajstić information content (AvgIpc) is 2.50. The fourth-order valence-electron chi connectivity index (χ4n) is 1.38. The molecule has 0 saturated heterocycles. The van der Waals surface area contributed by atoms with Gasteiger partial charge in [0.15, 0.2) is 17.5 Å². The van der Waals surface area contributed by atoms with E-state index in [2.05, 4.69) is 4.43 Å². The molecule has 0 aromatic heterocycles. The first kappa shape index (κ1) is 19.3. The molecule has 0 spiro atoms. The lowest BCUT2D eigenvalue weighted by Crippen LogP contribution is -2.35. The fourth-order valence-corrected chi connectivity index (χ4v) is 1.95. The van der Waals surface area contributed by atoms with E-state index in [0.717, 1.165) is 0 Å². The zero-order valence-corrected chi connectivity index (χ0v) is 12.3. The standard InChI is InChI=1S/C11H11F5N2O4Si/c12-6-2-3-7(9(14)8(6)13)18(16)10(19)17(15)4-1-5-23-22-11(20)21/h2-3,11,20-21H,1,4-5H2. The molecule has 0 atom stereocenters. The monoisotopic (exact) mass is 358 g/mol. The third kappa shape index (κ3) is 5.42. The number of hydrogen-bond acceptors (Lipinski definition) is 4. The first-order valence-electron chi connectivity index (χ1n) is 6.07. The van der Waals surface area contributed by atoms with E-state index in [1.807, 2.05) is 0 Å². The summed E-state index contributed by atoms with van der Waals surface area (Å²) in [4.78, 5) is 11.4. The molecule has 1 rings (SSSR count). The number of halogens is 5. The Hall–Kier alpha value is -1.76. The highest BCUT2D eigenvalue weighted by atomic mass is 28.2. The fraction of sp³-hybridized carbons (Fsp3) is 0.364. The van der Waals surface area contributed by atoms with Crippen LogP contribution in [0.3, 0.4) is 0 Å². The van der Waals surface area contributed by atoms with Crippen LogP contribution >= 0.6 is 0 Å². The number of amides is 2. The van der Waals surface area contributed by atoms with E-state index in [-0.39, 0.29) is 12.5 Å². The molecule has 128 valence electrons. The lowest BCUT2D eigenvalue weighted by molar-refractivity contribution is -0.180. The number of anilines is 1. The van der Waals surface area contributed by atoms with Crippen molar-refractivity contribution in [1.82, 2.24) is 5.12 Å². The summed E-state index contributed by atoms with van der Waals surface area (Å²) in [6.45, 7) is -2.59. The van der Waals surface area contributed by atoms with Gasteiger partial charge in [-0.25, -0.2) is 18.0 Å². The topological polar surface area (TPSA) is 73.2 Å². The Morgan fingerprint density at radius 1 is 1.22 bits per heavy atom. The molecule has 12 heteroatoms. The van der Waals surface area contributed by atoms with Gasteiger partial charge in [0.2, 0.25) is 9.76 Å². The number of aliphatic hydroxyl groups is 2. The largest absolute Gasteiger partial charge is 0.381 e. The molecular formula is C11H11F5N2O4Si. The van der Waals surface area contributed by atoms with Gasteiger partial charge in [0, 0.05) is 0 Å². The Labute approximate surface area is 129 Å². The quantitative estimate of drug-likeness (QED) is 0.195. The second kappa shape index (κ2) is 8.76. The average molecular weight is 358 g/mol. The van der Waals surface area contributed by atoms with Crippen LogP contribution in [0.15, 0.2) is 12.1 Å². The summed E-state index contributed by atoms with van der Waals surface area (Å²) in [6.07, 6.45) is -0.0263. The smallest absolute Gasteiger partial charge is 0.372 e. The van der Waals surface area contributed by atoms with Crippen LogP contribution in [0.4, 0.5) is 32.6 Å². The maximum absolute atomic E-state index is 13.6. The molecule has 0 saturated carbocycles. The highest BCUT2D eigenvalue weighted by molar-refractivity contribution is 6.27. The van der Waals surface area contributed by atoms with Crippen molar-refractivity contribution in [3.63, 3.8) is 0 Å². The number of urea groups is 1. The van der Waals surface area contributed by atoms with Crippen LogP contribution < -0.4 is 5.12 Å². The van der Waals surface area contributed by atoms with Crippen LogP contribution in [0.2, 0.25) is 6.04 Å². The van der Waals surface area contributed by atoms with E-state index < -0.39 is 62.2 Å². The van der Waals surface area contributed by atoms with E-state index in [1.165, 1.54) is 0 Å². The molecule has 0 fully saturated rings. The molecule has 0 heterocycles. The molecular weight excluding hydrogens is 347 g/mol. The lowest BCUT2D eigenvalue weighted by atomic mass is 10.3. The predicted octanol–water partition coefficient (Wildman–Crippen LogP) is 1.81. The highest BCUT2D eigenvalue weighted by Gasteiger charge is 2.27. The Balaban J connectivity index is 2.57. The third-order valence-corrected chi connectivity index (χ3v) is 3.36. The van der Waals surface area contributed by atoms with Crippen LogP contribution in [0.5, 0.6) is 0 Å². The molecule has 0 aliphatic carbocycles. The maximum Gasteiger partial charge on any atom is 0.381 e. The van der Waals surface area contributed by atoms with Gasteiger partial charge in [0.25, 0.3) is 6.48 Å². The Morgan fingerprint density at radius 2 is 1.87 bits per heavy atom. The molecule has 0 aliphatic rings. The van der Waals surface area contributed by atoms with Crippen molar-refractivity contribution < 1.29 is 41.6 Å². The van der Waals surface area contributed by atoms with Crippen LogP contribution in [-0.2, 0) is 4.43 Å². The number of aliphatic hydroxyl groups excluding tert-OH is 1. The normalized spacial score (nSPS) is 11.0. The van der Waals surface area contributed by atoms with E-state index >= 15 is 0 Å². The van der Waals surface area contributed by atoms with E-state index in [1.54, 1.807) is 0 Å². The van der Waals surface area contributed by atoms with E-state index in [9.17, 15) is 26.9 Å². The van der Waals surface area contributed by atoms with Crippen LogP contribution in [-0.4, -0.2) is 44.2 Å². The van der Waals surface area contributed by atoms with E-state index in [4.69, 9.17) is 10.2 Å². The molecule has 0 aliphatic heterocycles. The first-order valence-corrected chi connectivity index (χ1v) is 7.18. The Morgan fingerprint density at radius 3 is 2.48 bits per heavy atom. The van der Waals surface area contributed by atoms with Crippen molar-refractivity contribution in [2.24, 2.45) is 0 Å². The van der Waals surface area contributed by atoms with Gasteiger partial charge in [0.1, 0.15) is 5.69 Å². The van der Waals surface area contributed by atoms with Gasteiger partial charge in [-0.15, -0.1) is 5.12 Å². The summed E-state index contributed by atoms with van der Waals surface area (Å²) < 4.78 is 70.3. The molecule has 1 aromatic carbocycles. The van der Waals surface area contributed by atoms with Gasteiger partial charge in [-0.3, -0.25) is 0 Å². The summed E-state index contributed by atoms with van der Waals surface area (Å²) >= 11 is 0. The molecule has 1 aromatic rings. The number of hydrogen-bond donors (Lipinski definition) is 2. The van der Waals surface area contributed by atoms with Crippen molar-refractivity contribution in [1.29, 1.82) is 0 Å². The minimum atomic E-state index is -2.00. The maximum atomic E-state index is 13.6. The van der Waals surface area contributed by atoms with Gasteiger partial charge in [0.05, 0.1) is 6.54 Å². The van der Waals surface area contributed by atoms with Crippen LogP contribution in [0, 0.1) is 17.5 Å². The van der Waals surface area contributed by atoms with Crippen molar-refractivity contribution in [3.05, 3.63) is 29.6 Å². The van der Waals surface area contributed by atoms with Crippen LogP contribution in [0.1, 0.15) is 6.42 Å². The lowest BCUT2D eigenvalue weighted by Gasteiger charge is -2.17. The summed E-state index contributed by atoms with van der Waals surface area (Å²) in [7, 11) is -0.395. The number of nitrogens with zero attached hydrogens (tertiary/aromatic N) is 2. The second-order valence-corrected chi connectivity index (χ2v) is 5.06. The number of rotatable bonds is 7. The van der Waals surface area contributed by atoms with Crippen molar-refractivity contribution >= 4 is 21.5 Å². The summed E-state index contributed by atoms with van der Waals surface area (Å²) in [5.74, 6) is -5.55. The minimum Gasteiger partial charge on any atom is -0.372 e.